The van der Waals surface area contributed by atoms with Crippen LogP contribution in [-0.4, -0.2) is 22.2 Å². The first-order chi connectivity index (χ1) is 12.6. The van der Waals surface area contributed by atoms with Crippen molar-refractivity contribution in [2.24, 2.45) is 0 Å². The van der Waals surface area contributed by atoms with E-state index >= 15 is 0 Å². The monoisotopic (exact) mass is 346 g/mol. The van der Waals surface area contributed by atoms with Crippen LogP contribution in [0.5, 0.6) is 5.75 Å². The molecule has 1 N–H and O–H groups in total. The summed E-state index contributed by atoms with van der Waals surface area (Å²) in [5.74, 6) is 2.49. The number of aryl methyl sites for hydroxylation is 2. The van der Waals surface area contributed by atoms with Gasteiger partial charge in [-0.2, -0.15) is 4.98 Å². The van der Waals surface area contributed by atoms with Crippen molar-refractivity contribution in [3.8, 4) is 17.1 Å². The molecule has 0 radical (unpaired) electrons. The molecule has 0 aliphatic rings. The molecule has 0 saturated heterocycles. The highest BCUT2D eigenvalue weighted by Gasteiger charge is 2.15. The minimum atomic E-state index is 0.508. The number of fused-ring (bicyclic) bond motifs is 1. The number of methoxy groups -OCH3 is 1. The van der Waals surface area contributed by atoms with E-state index in [4.69, 9.17) is 14.2 Å². The first-order valence-electron chi connectivity index (χ1n) is 8.25. The number of pyridine rings is 1. The third-order valence-corrected chi connectivity index (χ3v) is 4.09. The fourth-order valence-corrected chi connectivity index (χ4v) is 2.76. The van der Waals surface area contributed by atoms with Crippen LogP contribution in [0.15, 0.2) is 53.1 Å². The molecule has 6 nitrogen and oxygen atoms in total. The largest absolute Gasteiger partial charge is 0.497 e. The van der Waals surface area contributed by atoms with Gasteiger partial charge in [-0.1, -0.05) is 17.3 Å². The lowest BCUT2D eigenvalue weighted by Gasteiger charge is -2.11. The van der Waals surface area contributed by atoms with E-state index in [9.17, 15) is 0 Å². The Bertz CT molecular complexity index is 1070. The molecule has 4 rings (SSSR count). The number of benzene rings is 2. The SMILES string of the molecule is COc1ccc(Nc2nc3cc(C)ccc3cc2-c2noc(C)n2)cc1. The summed E-state index contributed by atoms with van der Waals surface area (Å²) in [7, 11) is 1.65. The van der Waals surface area contributed by atoms with Crippen molar-refractivity contribution in [1.29, 1.82) is 0 Å². The van der Waals surface area contributed by atoms with Crippen LogP contribution >= 0.6 is 0 Å². The van der Waals surface area contributed by atoms with E-state index in [1.807, 2.05) is 43.3 Å². The molecule has 0 saturated carbocycles. The van der Waals surface area contributed by atoms with E-state index in [1.165, 1.54) is 0 Å². The fourth-order valence-electron chi connectivity index (χ4n) is 2.76. The Morgan fingerprint density at radius 3 is 2.46 bits per heavy atom. The molecular formula is C20H18N4O2. The average molecular weight is 346 g/mol. The highest BCUT2D eigenvalue weighted by molar-refractivity contribution is 5.89. The van der Waals surface area contributed by atoms with E-state index in [1.54, 1.807) is 14.0 Å². The molecule has 2 heterocycles. The van der Waals surface area contributed by atoms with Gasteiger partial charge in [0.2, 0.25) is 11.7 Å². The lowest BCUT2D eigenvalue weighted by atomic mass is 10.1. The zero-order chi connectivity index (χ0) is 18.1. The average Bonchev–Trinajstić information content (AvgIpc) is 3.08. The molecule has 0 bridgehead atoms. The van der Waals surface area contributed by atoms with E-state index < -0.39 is 0 Å². The van der Waals surface area contributed by atoms with Crippen LogP contribution in [0.1, 0.15) is 11.5 Å². The summed E-state index contributed by atoms with van der Waals surface area (Å²) >= 11 is 0. The van der Waals surface area contributed by atoms with Crippen LogP contribution in [0, 0.1) is 13.8 Å². The molecule has 2 aromatic heterocycles. The van der Waals surface area contributed by atoms with E-state index in [0.29, 0.717) is 17.5 Å². The van der Waals surface area contributed by atoms with E-state index in [-0.39, 0.29) is 0 Å². The molecule has 0 amide bonds. The number of aromatic nitrogens is 3. The minimum absolute atomic E-state index is 0.508. The second-order valence-corrected chi connectivity index (χ2v) is 6.07. The van der Waals surface area contributed by atoms with E-state index in [2.05, 4.69) is 27.6 Å². The van der Waals surface area contributed by atoms with Crippen molar-refractivity contribution in [3.05, 3.63) is 60.0 Å². The standard InChI is InChI=1S/C20H18N4O2/c1-12-4-5-14-11-17(20-21-13(2)26-24-20)19(23-18(14)10-12)22-15-6-8-16(25-3)9-7-15/h4-11H,1-3H3,(H,22,23). The molecule has 4 aromatic rings. The summed E-state index contributed by atoms with van der Waals surface area (Å²) in [5, 5.41) is 8.43. The Labute approximate surface area is 150 Å². The highest BCUT2D eigenvalue weighted by atomic mass is 16.5. The van der Waals surface area contributed by atoms with Gasteiger partial charge in [0.1, 0.15) is 11.6 Å². The predicted octanol–water partition coefficient (Wildman–Crippen LogP) is 4.65. The maximum Gasteiger partial charge on any atom is 0.223 e. The number of rotatable bonds is 4. The van der Waals surface area contributed by atoms with Crippen molar-refractivity contribution >= 4 is 22.4 Å². The zero-order valence-electron chi connectivity index (χ0n) is 14.8. The molecule has 0 spiro atoms. The van der Waals surface area contributed by atoms with Crippen LogP contribution in [0.2, 0.25) is 0 Å². The van der Waals surface area contributed by atoms with Crippen LogP contribution < -0.4 is 10.1 Å². The Balaban J connectivity index is 1.83. The smallest absolute Gasteiger partial charge is 0.223 e. The number of anilines is 2. The van der Waals surface area contributed by atoms with Crippen molar-refractivity contribution in [2.45, 2.75) is 13.8 Å². The molecule has 0 unspecified atom stereocenters. The van der Waals surface area contributed by atoms with Gasteiger partial charge in [0.15, 0.2) is 0 Å². The van der Waals surface area contributed by atoms with Gasteiger partial charge >= 0.3 is 0 Å². The van der Waals surface area contributed by atoms with Gasteiger partial charge in [-0.25, -0.2) is 4.98 Å². The lowest BCUT2D eigenvalue weighted by molar-refractivity contribution is 0.394. The molecule has 2 aromatic carbocycles. The van der Waals surface area contributed by atoms with Crippen molar-refractivity contribution in [1.82, 2.24) is 15.1 Å². The van der Waals surface area contributed by atoms with Gasteiger partial charge in [-0.15, -0.1) is 0 Å². The number of nitrogens with zero attached hydrogens (tertiary/aromatic N) is 3. The summed E-state index contributed by atoms with van der Waals surface area (Å²) < 4.78 is 10.4. The van der Waals surface area contributed by atoms with Gasteiger partial charge in [0.25, 0.3) is 0 Å². The molecule has 0 atom stereocenters. The first kappa shape index (κ1) is 16.1. The normalized spacial score (nSPS) is 10.9. The minimum Gasteiger partial charge on any atom is -0.497 e. The maximum atomic E-state index is 5.21. The van der Waals surface area contributed by atoms with Crippen LogP contribution in [0.3, 0.4) is 0 Å². The summed E-state index contributed by atoms with van der Waals surface area (Å²) in [6.45, 7) is 3.82. The summed E-state index contributed by atoms with van der Waals surface area (Å²) in [5.41, 5.74) is 3.74. The molecule has 0 aliphatic carbocycles. The molecule has 26 heavy (non-hydrogen) atoms. The highest BCUT2D eigenvalue weighted by Crippen LogP contribution is 2.31. The topological polar surface area (TPSA) is 73.1 Å². The number of hydrogen-bond acceptors (Lipinski definition) is 6. The van der Waals surface area contributed by atoms with E-state index in [0.717, 1.165) is 33.5 Å². The number of ether oxygens (including phenoxy) is 1. The molecule has 0 fully saturated rings. The van der Waals surface area contributed by atoms with Gasteiger partial charge in [-0.05, 0) is 48.9 Å². The molecule has 130 valence electrons. The predicted molar refractivity (Wildman–Crippen MR) is 101 cm³/mol. The Morgan fingerprint density at radius 2 is 1.77 bits per heavy atom. The molecule has 6 heteroatoms. The quantitative estimate of drug-likeness (QED) is 0.580. The Morgan fingerprint density at radius 1 is 0.962 bits per heavy atom. The van der Waals surface area contributed by atoms with Crippen molar-refractivity contribution in [3.63, 3.8) is 0 Å². The Hall–Kier alpha value is -3.41. The molecular weight excluding hydrogens is 328 g/mol. The summed E-state index contributed by atoms with van der Waals surface area (Å²) in [4.78, 5) is 9.15. The van der Waals surface area contributed by atoms with Crippen LogP contribution in [0.25, 0.3) is 22.3 Å². The van der Waals surface area contributed by atoms with Crippen molar-refractivity contribution in [2.75, 3.05) is 12.4 Å². The Kier molecular flexibility index (Phi) is 4.01. The second kappa shape index (κ2) is 6.48. The summed E-state index contributed by atoms with van der Waals surface area (Å²) in [6.07, 6.45) is 0. The number of nitrogens with one attached hydrogen (secondary N) is 1. The third kappa shape index (κ3) is 3.09. The fraction of sp³-hybridized carbons (Fsp3) is 0.150. The van der Waals surface area contributed by atoms with Gasteiger partial charge in [0, 0.05) is 18.0 Å². The third-order valence-electron chi connectivity index (χ3n) is 4.09. The lowest BCUT2D eigenvalue weighted by Crippen LogP contribution is -1.98. The first-order valence-corrected chi connectivity index (χ1v) is 8.25. The van der Waals surface area contributed by atoms with Crippen molar-refractivity contribution < 1.29 is 9.26 Å². The van der Waals surface area contributed by atoms with Gasteiger partial charge < -0.3 is 14.6 Å². The maximum absolute atomic E-state index is 5.21. The second-order valence-electron chi connectivity index (χ2n) is 6.07. The van der Waals surface area contributed by atoms with Gasteiger partial charge in [0.05, 0.1) is 18.2 Å². The van der Waals surface area contributed by atoms with Gasteiger partial charge in [-0.3, -0.25) is 0 Å². The number of hydrogen-bond donors (Lipinski definition) is 1. The summed E-state index contributed by atoms with van der Waals surface area (Å²) in [6, 6.07) is 15.9. The molecule has 0 aliphatic heterocycles. The van der Waals surface area contributed by atoms with Crippen LogP contribution in [0.4, 0.5) is 11.5 Å². The van der Waals surface area contributed by atoms with Crippen LogP contribution in [-0.2, 0) is 0 Å². The zero-order valence-corrected chi connectivity index (χ0v) is 14.8.